The van der Waals surface area contributed by atoms with Crippen molar-refractivity contribution < 1.29 is 4.42 Å². The molecule has 0 saturated heterocycles. The molecule has 0 fully saturated rings. The van der Waals surface area contributed by atoms with E-state index in [9.17, 15) is 0 Å². The van der Waals surface area contributed by atoms with Crippen LogP contribution in [-0.4, -0.2) is 16.8 Å². The summed E-state index contributed by atoms with van der Waals surface area (Å²) in [6.07, 6.45) is 0. The first-order valence-corrected chi connectivity index (χ1v) is 22.6. The summed E-state index contributed by atoms with van der Waals surface area (Å²) < 4.78 is 9.09. The number of anilines is 2. The molecule has 2 aromatic heterocycles. The summed E-state index contributed by atoms with van der Waals surface area (Å²) in [6.45, 7) is 16.3. The van der Waals surface area contributed by atoms with Crippen LogP contribution in [0.3, 0.4) is 0 Å². The van der Waals surface area contributed by atoms with Crippen LogP contribution in [0.15, 0.2) is 156 Å². The maximum Gasteiger partial charge on any atom is 0.227 e. The molecule has 0 saturated carbocycles. The van der Waals surface area contributed by atoms with Gasteiger partial charge in [0.1, 0.15) is 5.52 Å². The molecule has 2 aliphatic carbocycles. The van der Waals surface area contributed by atoms with Crippen LogP contribution >= 0.6 is 0 Å². The third kappa shape index (κ3) is 5.15. The van der Waals surface area contributed by atoms with E-state index >= 15 is 0 Å². The average molecular weight is 825 g/mol. The zero-order valence-electron chi connectivity index (χ0n) is 37.3. The molecule has 0 unspecified atom stereocenters. The van der Waals surface area contributed by atoms with Crippen molar-refractivity contribution in [3.05, 3.63) is 179 Å². The van der Waals surface area contributed by atoms with Crippen molar-refractivity contribution in [2.24, 2.45) is 0 Å². The average Bonchev–Trinajstić information content (AvgIpc) is 3.99. The number of hydrogen-bond acceptors (Lipinski definition) is 3. The molecule has 3 aliphatic rings. The molecule has 1 N–H and O–H groups in total. The van der Waals surface area contributed by atoms with Crippen LogP contribution < -0.4 is 16.2 Å². The van der Waals surface area contributed by atoms with Crippen LogP contribution in [-0.2, 0) is 16.2 Å². The first kappa shape index (κ1) is 37.4. The molecule has 10 aromatic rings. The van der Waals surface area contributed by atoms with Crippen molar-refractivity contribution in [3.63, 3.8) is 0 Å². The van der Waals surface area contributed by atoms with Gasteiger partial charge in [-0.15, -0.1) is 0 Å². The van der Waals surface area contributed by atoms with E-state index in [-0.39, 0.29) is 16.2 Å². The highest BCUT2D eigenvalue weighted by Crippen LogP contribution is 2.53. The predicted octanol–water partition coefficient (Wildman–Crippen LogP) is 13.9. The predicted molar refractivity (Wildman–Crippen MR) is 268 cm³/mol. The zero-order valence-corrected chi connectivity index (χ0v) is 37.3. The molecule has 5 heteroatoms. The Balaban J connectivity index is 1.09. The first-order valence-electron chi connectivity index (χ1n) is 22.6. The summed E-state index contributed by atoms with van der Waals surface area (Å²) in [5, 5.41) is 6.47. The van der Waals surface area contributed by atoms with E-state index in [1.807, 2.05) is 18.2 Å². The summed E-state index contributed by atoms with van der Waals surface area (Å²) in [4.78, 5) is 5.07. The molecule has 8 aromatic carbocycles. The molecule has 4 nitrogen and oxygen atoms in total. The van der Waals surface area contributed by atoms with Gasteiger partial charge in [0.25, 0.3) is 0 Å². The molecule has 0 bridgehead atoms. The van der Waals surface area contributed by atoms with Crippen LogP contribution in [0.4, 0.5) is 11.4 Å². The molecule has 0 atom stereocenters. The number of rotatable bonds is 4. The second-order valence-electron chi connectivity index (χ2n) is 20.3. The van der Waals surface area contributed by atoms with Gasteiger partial charge in [-0.1, -0.05) is 145 Å². The van der Waals surface area contributed by atoms with Gasteiger partial charge < -0.3 is 14.3 Å². The maximum absolute atomic E-state index is 6.57. The van der Waals surface area contributed by atoms with E-state index in [1.165, 1.54) is 88.5 Å². The van der Waals surface area contributed by atoms with Gasteiger partial charge in [0, 0.05) is 61.4 Å². The molecule has 3 heterocycles. The number of oxazole rings is 1. The summed E-state index contributed by atoms with van der Waals surface area (Å²) in [7, 11) is 2.40. The minimum atomic E-state index is -0.152. The van der Waals surface area contributed by atoms with Crippen molar-refractivity contribution in [2.75, 3.05) is 5.32 Å². The fraction of sp³-hybridized carbons (Fsp3) is 0.169. The van der Waals surface area contributed by atoms with Gasteiger partial charge in [0.2, 0.25) is 5.89 Å². The number of hydrogen-bond donors (Lipinski definition) is 1. The van der Waals surface area contributed by atoms with Crippen LogP contribution in [0.5, 0.6) is 0 Å². The van der Waals surface area contributed by atoms with Crippen molar-refractivity contribution in [2.45, 2.75) is 64.7 Å². The first-order chi connectivity index (χ1) is 30.8. The number of nitrogens with zero attached hydrogens (tertiary/aromatic N) is 2. The van der Waals surface area contributed by atoms with E-state index in [1.54, 1.807) is 0 Å². The molecule has 0 spiro atoms. The lowest BCUT2D eigenvalue weighted by atomic mass is 9.59. The monoisotopic (exact) mass is 824 g/mol. The standard InChI is InChI=1S/C59H47BN3O/c1-57(2,3)34-21-23-35(24-22-34)61-49-30-47-40(36-17-11-13-19-44(36)59(47,6)7)27-42(49)38-25-26-39-43-28-46-41(37-18-12-14-20-45(37)58(46,4)5)29-51(43)63-52-32-53-50(31-48(52)60-54(38)55(39)63)62-56(64-53)33-15-9-8-10-16-33/h8-32,61H,1-7H3. The Morgan fingerprint density at radius 3 is 1.94 bits per heavy atom. The minimum Gasteiger partial charge on any atom is -0.436 e. The second-order valence-corrected chi connectivity index (χ2v) is 20.3. The normalized spacial score (nSPS) is 14.9. The van der Waals surface area contributed by atoms with Crippen LogP contribution in [0.1, 0.15) is 76.3 Å². The molecule has 13 rings (SSSR count). The third-order valence-electron chi connectivity index (χ3n) is 14.8. The number of aromatic nitrogens is 2. The highest BCUT2D eigenvalue weighted by atomic mass is 16.3. The van der Waals surface area contributed by atoms with Gasteiger partial charge in [-0.25, -0.2) is 4.98 Å². The molecule has 1 radical (unpaired) electrons. The molecular formula is C59H47BN3O. The Morgan fingerprint density at radius 2 is 1.23 bits per heavy atom. The van der Waals surface area contributed by atoms with Crippen LogP contribution in [0.25, 0.3) is 83.4 Å². The number of benzene rings is 8. The summed E-state index contributed by atoms with van der Waals surface area (Å²) in [5.74, 6) is 0.628. The Bertz CT molecular complexity index is 3640. The minimum absolute atomic E-state index is 0.0651. The van der Waals surface area contributed by atoms with Crippen molar-refractivity contribution in [1.82, 2.24) is 9.55 Å². The number of fused-ring (bicyclic) bond motifs is 12. The highest BCUT2D eigenvalue weighted by Gasteiger charge is 2.39. The van der Waals surface area contributed by atoms with Gasteiger partial charge in [-0.05, 0) is 121 Å². The third-order valence-corrected chi connectivity index (χ3v) is 14.8. The van der Waals surface area contributed by atoms with Crippen LogP contribution in [0.2, 0.25) is 0 Å². The van der Waals surface area contributed by atoms with Crippen molar-refractivity contribution in [1.29, 1.82) is 0 Å². The van der Waals surface area contributed by atoms with E-state index in [0.717, 1.165) is 39.2 Å². The Morgan fingerprint density at radius 1 is 0.578 bits per heavy atom. The van der Waals surface area contributed by atoms with E-state index in [4.69, 9.17) is 9.40 Å². The Hall–Kier alpha value is -7.11. The summed E-state index contributed by atoms with van der Waals surface area (Å²) in [6, 6.07) is 56.1. The van der Waals surface area contributed by atoms with Crippen molar-refractivity contribution >= 4 is 62.5 Å². The van der Waals surface area contributed by atoms with E-state index in [2.05, 4.69) is 199 Å². The highest BCUT2D eigenvalue weighted by molar-refractivity contribution is 6.73. The lowest BCUT2D eigenvalue weighted by Crippen LogP contribution is -2.37. The fourth-order valence-electron chi connectivity index (χ4n) is 11.4. The lowest BCUT2D eigenvalue weighted by Gasteiger charge is -2.26. The second kappa shape index (κ2) is 12.8. The largest absolute Gasteiger partial charge is 0.436 e. The van der Waals surface area contributed by atoms with Crippen LogP contribution in [0, 0.1) is 0 Å². The topological polar surface area (TPSA) is 43.0 Å². The van der Waals surface area contributed by atoms with Gasteiger partial charge in [0.05, 0.1) is 5.52 Å². The summed E-state index contributed by atoms with van der Waals surface area (Å²) in [5.41, 5.74) is 24.7. The lowest BCUT2D eigenvalue weighted by molar-refractivity contribution is 0.590. The van der Waals surface area contributed by atoms with E-state index in [0.29, 0.717) is 5.89 Å². The summed E-state index contributed by atoms with van der Waals surface area (Å²) >= 11 is 0. The quantitative estimate of drug-likeness (QED) is 0.180. The molecule has 64 heavy (non-hydrogen) atoms. The molecule has 1 aliphatic heterocycles. The van der Waals surface area contributed by atoms with Gasteiger partial charge >= 0.3 is 0 Å². The van der Waals surface area contributed by atoms with E-state index < -0.39 is 0 Å². The van der Waals surface area contributed by atoms with Gasteiger partial charge in [-0.3, -0.25) is 0 Å². The molecule has 307 valence electrons. The smallest absolute Gasteiger partial charge is 0.227 e. The molecular weight excluding hydrogens is 777 g/mol. The molecule has 0 amide bonds. The SMILES string of the molecule is CC(C)(C)c1ccc(Nc2cc3c(cc2-c2ccc4c5cc6c(cc5n5c4c2[B]c2cc4nc(-c7ccccc7)oc4cc2-5)-c2ccccc2C6(C)C)-c2ccccc2C3(C)C)cc1. The Kier molecular flexibility index (Phi) is 7.47. The maximum atomic E-state index is 6.57. The van der Waals surface area contributed by atoms with Crippen molar-refractivity contribution in [3.8, 4) is 50.5 Å². The zero-order chi connectivity index (χ0) is 43.4. The van der Waals surface area contributed by atoms with Gasteiger partial charge in [-0.2, -0.15) is 0 Å². The number of nitrogens with one attached hydrogen (secondary N) is 1. The van der Waals surface area contributed by atoms with Gasteiger partial charge in [0.15, 0.2) is 12.9 Å². The Labute approximate surface area is 374 Å². The fourth-order valence-corrected chi connectivity index (χ4v) is 11.4.